The number of carbonyl (C=O) groups is 1. The molecule has 1 amide bonds. The third kappa shape index (κ3) is 4.87. The van der Waals surface area contributed by atoms with Gasteiger partial charge < -0.3 is 10.6 Å². The predicted molar refractivity (Wildman–Crippen MR) is 141 cm³/mol. The van der Waals surface area contributed by atoms with Gasteiger partial charge in [0.05, 0.1) is 22.0 Å². The molecule has 1 aliphatic rings. The molecule has 0 saturated heterocycles. The third-order valence-electron chi connectivity index (χ3n) is 6.01. The molecule has 2 N–H and O–H groups in total. The van der Waals surface area contributed by atoms with E-state index >= 15 is 0 Å². The zero-order valence-electron chi connectivity index (χ0n) is 19.4. The van der Waals surface area contributed by atoms with E-state index in [1.54, 1.807) is 61.2 Å². The number of benzene rings is 4. The number of hydrogen-bond acceptors (Lipinski definition) is 5. The Hall–Kier alpha value is -3.62. The molecule has 182 valence electrons. The predicted octanol–water partition coefficient (Wildman–Crippen LogP) is 6.42. The summed E-state index contributed by atoms with van der Waals surface area (Å²) in [5.41, 5.74) is 4.41. The fraction of sp³-hybridized carbons (Fsp3) is 0.107. The van der Waals surface area contributed by atoms with E-state index in [4.69, 9.17) is 0 Å². The summed E-state index contributed by atoms with van der Waals surface area (Å²) in [5.74, 6) is -0.440. The van der Waals surface area contributed by atoms with Crippen molar-refractivity contribution < 1.29 is 17.6 Å². The number of hydrogen-bond donors (Lipinski definition) is 2. The number of nitrogens with one attached hydrogen (secondary N) is 2. The van der Waals surface area contributed by atoms with E-state index in [1.165, 1.54) is 6.07 Å². The van der Waals surface area contributed by atoms with E-state index in [0.717, 1.165) is 32.3 Å². The molecule has 0 saturated carbocycles. The van der Waals surface area contributed by atoms with Gasteiger partial charge in [-0.2, -0.15) is 0 Å². The normalized spacial score (nSPS) is 12.3. The molecule has 8 heteroatoms. The van der Waals surface area contributed by atoms with E-state index in [1.807, 2.05) is 36.4 Å². The van der Waals surface area contributed by atoms with Gasteiger partial charge in [-0.1, -0.05) is 55.1 Å². The summed E-state index contributed by atoms with van der Waals surface area (Å²) in [4.78, 5) is 15.0. The molecule has 4 aromatic rings. The molecule has 0 aromatic heterocycles. The summed E-state index contributed by atoms with van der Waals surface area (Å²) in [7, 11) is -3.25. The van der Waals surface area contributed by atoms with Crippen LogP contribution < -0.4 is 10.6 Å². The van der Waals surface area contributed by atoms with Gasteiger partial charge in [-0.15, -0.1) is 0 Å². The van der Waals surface area contributed by atoms with Gasteiger partial charge in [0, 0.05) is 27.5 Å². The SMILES string of the molecule is CCS(=O)(=O)c1ccc(CNC(=O)c2ccc3c(c2)Nc2ccc(-c4ccccc4F)cc2S3)cc1. The molecule has 0 atom stereocenters. The highest BCUT2D eigenvalue weighted by Gasteiger charge is 2.19. The van der Waals surface area contributed by atoms with Crippen LogP contribution in [0, 0.1) is 5.82 Å². The largest absolute Gasteiger partial charge is 0.354 e. The standard InChI is InChI=1S/C28H23FN2O3S2/c1-2-36(33,34)21-11-7-18(8-12-21)17-30-28(32)20-10-14-26-25(15-20)31-24-13-9-19(16-27(24)35-26)22-5-3-4-6-23(22)29/h3-16,31H,2,17H2,1H3,(H,30,32). The van der Waals surface area contributed by atoms with Gasteiger partial charge in [0.15, 0.2) is 9.84 Å². The highest BCUT2D eigenvalue weighted by Crippen LogP contribution is 2.45. The lowest BCUT2D eigenvalue weighted by Crippen LogP contribution is -2.23. The summed E-state index contributed by atoms with van der Waals surface area (Å²) in [6.07, 6.45) is 0. The van der Waals surface area contributed by atoms with Crippen molar-refractivity contribution in [1.82, 2.24) is 5.32 Å². The first kappa shape index (κ1) is 24.1. The Bertz CT molecular complexity index is 1570. The zero-order valence-corrected chi connectivity index (χ0v) is 21.0. The second-order valence-corrected chi connectivity index (χ2v) is 11.7. The number of carbonyl (C=O) groups excluding carboxylic acids is 1. The van der Waals surface area contributed by atoms with Crippen LogP contribution in [0.15, 0.2) is 99.6 Å². The van der Waals surface area contributed by atoms with Crippen LogP contribution in [0.25, 0.3) is 11.1 Å². The van der Waals surface area contributed by atoms with Gasteiger partial charge in [-0.25, -0.2) is 12.8 Å². The van der Waals surface area contributed by atoms with Gasteiger partial charge in [-0.05, 0) is 59.7 Å². The average Bonchev–Trinajstić information content (AvgIpc) is 2.90. The fourth-order valence-electron chi connectivity index (χ4n) is 3.96. The Morgan fingerprint density at radius 3 is 2.44 bits per heavy atom. The van der Waals surface area contributed by atoms with Crippen LogP contribution in [0.1, 0.15) is 22.8 Å². The first-order chi connectivity index (χ1) is 17.3. The third-order valence-corrected chi connectivity index (χ3v) is 8.90. The lowest BCUT2D eigenvalue weighted by Gasteiger charge is -2.22. The monoisotopic (exact) mass is 518 g/mol. The van der Waals surface area contributed by atoms with Gasteiger partial charge in [-0.3, -0.25) is 4.79 Å². The molecule has 0 aliphatic carbocycles. The molecule has 1 heterocycles. The number of amides is 1. The number of sulfone groups is 1. The van der Waals surface area contributed by atoms with Crippen LogP contribution in [0.3, 0.4) is 0 Å². The summed E-state index contributed by atoms with van der Waals surface area (Å²) in [6.45, 7) is 1.89. The summed E-state index contributed by atoms with van der Waals surface area (Å²) in [5, 5.41) is 6.26. The quantitative estimate of drug-likeness (QED) is 0.271. The van der Waals surface area contributed by atoms with E-state index in [9.17, 15) is 17.6 Å². The van der Waals surface area contributed by atoms with Crippen LogP contribution >= 0.6 is 11.8 Å². The molecule has 0 bridgehead atoms. The summed E-state index contributed by atoms with van der Waals surface area (Å²) < 4.78 is 38.2. The van der Waals surface area contributed by atoms with Crippen LogP contribution in [0.5, 0.6) is 0 Å². The Morgan fingerprint density at radius 2 is 1.69 bits per heavy atom. The van der Waals surface area contributed by atoms with Crippen molar-refractivity contribution in [2.45, 2.75) is 28.2 Å². The lowest BCUT2D eigenvalue weighted by atomic mass is 10.0. The van der Waals surface area contributed by atoms with Crippen molar-refractivity contribution in [2.24, 2.45) is 0 Å². The maximum Gasteiger partial charge on any atom is 0.251 e. The highest BCUT2D eigenvalue weighted by molar-refractivity contribution is 7.99. The maximum atomic E-state index is 14.2. The number of anilines is 2. The molecule has 1 aliphatic heterocycles. The van der Waals surface area contributed by atoms with Crippen LogP contribution in [-0.2, 0) is 16.4 Å². The minimum atomic E-state index is -3.25. The number of fused-ring (bicyclic) bond motifs is 2. The molecular formula is C28H23FN2O3S2. The Morgan fingerprint density at radius 1 is 0.917 bits per heavy atom. The van der Waals surface area contributed by atoms with E-state index in [0.29, 0.717) is 11.1 Å². The maximum absolute atomic E-state index is 14.2. The van der Waals surface area contributed by atoms with Crippen molar-refractivity contribution in [3.8, 4) is 11.1 Å². The Kier molecular flexibility index (Phi) is 6.55. The van der Waals surface area contributed by atoms with Crippen molar-refractivity contribution >= 4 is 38.9 Å². The lowest BCUT2D eigenvalue weighted by molar-refractivity contribution is 0.0951. The number of rotatable bonds is 6. The van der Waals surface area contributed by atoms with Crippen LogP contribution in [0.4, 0.5) is 15.8 Å². The topological polar surface area (TPSA) is 75.3 Å². The Balaban J connectivity index is 1.28. The molecule has 0 radical (unpaired) electrons. The molecule has 36 heavy (non-hydrogen) atoms. The van der Waals surface area contributed by atoms with E-state index in [2.05, 4.69) is 10.6 Å². The second kappa shape index (κ2) is 9.79. The molecule has 5 nitrogen and oxygen atoms in total. The van der Waals surface area contributed by atoms with Gasteiger partial charge >= 0.3 is 0 Å². The first-order valence-electron chi connectivity index (χ1n) is 11.4. The van der Waals surface area contributed by atoms with E-state index in [-0.39, 0.29) is 28.9 Å². The van der Waals surface area contributed by atoms with Gasteiger partial charge in [0.25, 0.3) is 5.91 Å². The van der Waals surface area contributed by atoms with Crippen LogP contribution in [-0.4, -0.2) is 20.1 Å². The average molecular weight is 519 g/mol. The van der Waals surface area contributed by atoms with Crippen molar-refractivity contribution in [1.29, 1.82) is 0 Å². The molecular weight excluding hydrogens is 495 g/mol. The van der Waals surface area contributed by atoms with E-state index < -0.39 is 9.84 Å². The minimum absolute atomic E-state index is 0.0466. The summed E-state index contributed by atoms with van der Waals surface area (Å²) in [6, 6.07) is 24.5. The molecule has 0 unspecified atom stereocenters. The van der Waals surface area contributed by atoms with Gasteiger partial charge in [0.2, 0.25) is 0 Å². The fourth-order valence-corrected chi connectivity index (χ4v) is 5.85. The van der Waals surface area contributed by atoms with Crippen molar-refractivity contribution in [2.75, 3.05) is 11.1 Å². The first-order valence-corrected chi connectivity index (χ1v) is 13.9. The minimum Gasteiger partial charge on any atom is -0.354 e. The van der Waals surface area contributed by atoms with Crippen molar-refractivity contribution in [3.05, 3.63) is 102 Å². The molecule has 0 fully saturated rings. The molecule has 0 spiro atoms. The molecule has 4 aromatic carbocycles. The van der Waals surface area contributed by atoms with Crippen LogP contribution in [0.2, 0.25) is 0 Å². The Labute approximate surface area is 213 Å². The smallest absolute Gasteiger partial charge is 0.251 e. The van der Waals surface area contributed by atoms with Gasteiger partial charge in [0.1, 0.15) is 5.82 Å². The second-order valence-electron chi connectivity index (χ2n) is 8.36. The highest BCUT2D eigenvalue weighted by atomic mass is 32.2. The number of halogens is 1. The molecule has 5 rings (SSSR count). The zero-order chi connectivity index (χ0) is 25.3. The van der Waals surface area contributed by atoms with Crippen molar-refractivity contribution in [3.63, 3.8) is 0 Å². The summed E-state index contributed by atoms with van der Waals surface area (Å²) >= 11 is 1.57.